The van der Waals surface area contributed by atoms with E-state index in [1.165, 1.54) is 6.07 Å². The van der Waals surface area contributed by atoms with Crippen LogP contribution in [-0.2, 0) is 11.3 Å². The first-order chi connectivity index (χ1) is 9.95. The summed E-state index contributed by atoms with van der Waals surface area (Å²) in [5.74, 6) is -0.372. The molecule has 0 atom stereocenters. The van der Waals surface area contributed by atoms with E-state index in [1.54, 1.807) is 36.7 Å². The van der Waals surface area contributed by atoms with Crippen molar-refractivity contribution in [3.05, 3.63) is 55.1 Å². The smallest absolute Gasteiger partial charge is 0.340 e. The zero-order valence-corrected chi connectivity index (χ0v) is 13.5. The van der Waals surface area contributed by atoms with Gasteiger partial charge in [0.05, 0.1) is 18.7 Å². The number of hydrogen-bond donors (Lipinski definition) is 0. The zero-order valence-electron chi connectivity index (χ0n) is 12.7. The first-order valence-electron chi connectivity index (χ1n) is 6.85. The Kier molecular flexibility index (Phi) is 4.63. The van der Waals surface area contributed by atoms with Gasteiger partial charge >= 0.3 is 5.97 Å². The van der Waals surface area contributed by atoms with Gasteiger partial charge in [-0.05, 0) is 55.1 Å². The van der Waals surface area contributed by atoms with Crippen molar-refractivity contribution < 1.29 is 9.53 Å². The molecule has 0 aliphatic rings. The van der Waals surface area contributed by atoms with Crippen molar-refractivity contribution >= 4 is 17.3 Å². The Morgan fingerprint density at radius 2 is 1.95 bits per heavy atom. The summed E-state index contributed by atoms with van der Waals surface area (Å²) in [6, 6.07) is 1.50. The number of ether oxygens (including phenoxy) is 1. The molecule has 0 aromatic carbocycles. The van der Waals surface area contributed by atoms with E-state index < -0.39 is 0 Å². The van der Waals surface area contributed by atoms with E-state index in [2.05, 4.69) is 5.38 Å². The first kappa shape index (κ1) is 15.5. The van der Waals surface area contributed by atoms with Crippen molar-refractivity contribution in [1.82, 2.24) is 4.57 Å². The Bertz CT molecular complexity index is 728. The van der Waals surface area contributed by atoms with Crippen molar-refractivity contribution in [3.63, 3.8) is 0 Å². The number of nitrogens with zero attached hydrogens (tertiary/aromatic N) is 1. The predicted molar refractivity (Wildman–Crippen MR) is 84.3 cm³/mol. The molecule has 0 bridgehead atoms. The molecule has 0 saturated heterocycles. The fourth-order valence-electron chi connectivity index (χ4n) is 2.35. The summed E-state index contributed by atoms with van der Waals surface area (Å²) in [5, 5.41) is 4.08. The largest absolute Gasteiger partial charge is 0.462 e. The van der Waals surface area contributed by atoms with Crippen molar-refractivity contribution in [2.24, 2.45) is 0 Å². The van der Waals surface area contributed by atoms with Crippen LogP contribution in [0.3, 0.4) is 0 Å². The predicted octanol–water partition coefficient (Wildman–Crippen LogP) is 3.06. The monoisotopic (exact) mass is 305 g/mol. The minimum Gasteiger partial charge on any atom is -0.462 e. The van der Waals surface area contributed by atoms with E-state index in [4.69, 9.17) is 4.74 Å². The Balaban J connectivity index is 2.51. The normalized spacial score (nSPS) is 10.7. The highest BCUT2D eigenvalue weighted by molar-refractivity contribution is 7.08. The Labute approximate surface area is 128 Å². The lowest BCUT2D eigenvalue weighted by atomic mass is 10.1. The Hall–Kier alpha value is -1.88. The fraction of sp³-hybridized carbons (Fsp3) is 0.375. The van der Waals surface area contributed by atoms with E-state index >= 15 is 0 Å². The highest BCUT2D eigenvalue weighted by atomic mass is 32.1. The van der Waals surface area contributed by atoms with Gasteiger partial charge in [-0.15, -0.1) is 0 Å². The molecule has 0 aliphatic heterocycles. The average molecular weight is 305 g/mol. The summed E-state index contributed by atoms with van der Waals surface area (Å²) < 4.78 is 6.72. The maximum atomic E-state index is 12.2. The summed E-state index contributed by atoms with van der Waals surface area (Å²) in [6.45, 7) is 8.15. The van der Waals surface area contributed by atoms with Gasteiger partial charge in [-0.25, -0.2) is 4.79 Å². The van der Waals surface area contributed by atoms with Crippen molar-refractivity contribution in [3.8, 4) is 0 Å². The van der Waals surface area contributed by atoms with Crippen LogP contribution in [0.2, 0.25) is 0 Å². The van der Waals surface area contributed by atoms with Crippen LogP contribution < -0.4 is 5.56 Å². The van der Waals surface area contributed by atoms with Crippen molar-refractivity contribution in [2.45, 2.75) is 34.2 Å². The van der Waals surface area contributed by atoms with Crippen molar-refractivity contribution in [1.29, 1.82) is 0 Å². The SMILES string of the molecule is CCOC(=O)c1c(C)cc(=O)n(Cc2cscc2C)c1C. The molecule has 5 heteroatoms. The second-order valence-corrected chi connectivity index (χ2v) is 5.76. The summed E-state index contributed by atoms with van der Waals surface area (Å²) >= 11 is 1.61. The summed E-state index contributed by atoms with van der Waals surface area (Å²) in [6.07, 6.45) is 0. The number of carbonyl (C=O) groups excluding carboxylic acids is 1. The molecule has 0 spiro atoms. The van der Waals surface area contributed by atoms with Crippen LogP contribution in [0.5, 0.6) is 0 Å². The van der Waals surface area contributed by atoms with E-state index in [9.17, 15) is 9.59 Å². The zero-order chi connectivity index (χ0) is 15.6. The minimum absolute atomic E-state index is 0.0938. The van der Waals surface area contributed by atoms with Crippen LogP contribution in [0, 0.1) is 20.8 Å². The standard InChI is InChI=1S/C16H19NO3S/c1-5-20-16(19)15-10(2)6-14(18)17(12(15)4)7-13-9-21-8-11(13)3/h6,8-9H,5,7H2,1-4H3. The van der Waals surface area contributed by atoms with Gasteiger partial charge in [0.25, 0.3) is 5.56 Å². The molecule has 2 aromatic heterocycles. The number of pyridine rings is 1. The van der Waals surface area contributed by atoms with Crippen molar-refractivity contribution in [2.75, 3.05) is 6.61 Å². The van der Waals surface area contributed by atoms with E-state index in [0.29, 0.717) is 30.0 Å². The molecule has 0 unspecified atom stereocenters. The number of thiophene rings is 1. The van der Waals surface area contributed by atoms with E-state index in [0.717, 1.165) is 11.1 Å². The van der Waals surface area contributed by atoms with Gasteiger partial charge in [0.15, 0.2) is 0 Å². The Morgan fingerprint density at radius 1 is 1.24 bits per heavy atom. The quantitative estimate of drug-likeness (QED) is 0.816. The number of carbonyl (C=O) groups is 1. The van der Waals surface area contributed by atoms with Crippen LogP contribution in [0.4, 0.5) is 0 Å². The average Bonchev–Trinajstić information content (AvgIpc) is 2.80. The fourth-order valence-corrected chi connectivity index (χ4v) is 3.20. The molecule has 0 aliphatic carbocycles. The molecule has 0 saturated carbocycles. The third-order valence-corrected chi connectivity index (χ3v) is 4.45. The van der Waals surface area contributed by atoms with Crippen LogP contribution in [0.15, 0.2) is 21.6 Å². The highest BCUT2D eigenvalue weighted by Gasteiger charge is 2.18. The van der Waals surface area contributed by atoms with Crippen LogP contribution in [0.1, 0.15) is 39.7 Å². The third-order valence-electron chi connectivity index (χ3n) is 3.54. The van der Waals surface area contributed by atoms with E-state index in [-0.39, 0.29) is 11.5 Å². The number of hydrogen-bond acceptors (Lipinski definition) is 4. The first-order valence-corrected chi connectivity index (χ1v) is 7.79. The van der Waals surface area contributed by atoms with Crippen LogP contribution in [-0.4, -0.2) is 17.1 Å². The molecule has 0 N–H and O–H groups in total. The minimum atomic E-state index is -0.372. The highest BCUT2D eigenvalue weighted by Crippen LogP contribution is 2.18. The lowest BCUT2D eigenvalue weighted by Crippen LogP contribution is -2.26. The molecule has 2 aromatic rings. The van der Waals surface area contributed by atoms with Gasteiger partial charge in [0, 0.05) is 11.8 Å². The number of aryl methyl sites for hydroxylation is 2. The lowest BCUT2D eigenvalue weighted by molar-refractivity contribution is 0.0523. The molecule has 2 rings (SSSR count). The van der Waals surface area contributed by atoms with Gasteiger partial charge in [-0.2, -0.15) is 11.3 Å². The number of esters is 1. The van der Waals surface area contributed by atoms with Gasteiger partial charge in [0.2, 0.25) is 0 Å². The van der Waals surface area contributed by atoms with Gasteiger partial charge < -0.3 is 9.30 Å². The van der Waals surface area contributed by atoms with Gasteiger partial charge in [0.1, 0.15) is 0 Å². The van der Waals surface area contributed by atoms with Gasteiger partial charge in [-0.3, -0.25) is 4.79 Å². The third kappa shape index (κ3) is 3.08. The molecule has 2 heterocycles. The molecule has 0 amide bonds. The molecule has 0 fully saturated rings. The lowest BCUT2D eigenvalue weighted by Gasteiger charge is -2.15. The maximum absolute atomic E-state index is 12.2. The topological polar surface area (TPSA) is 48.3 Å². The molecular formula is C16H19NO3S. The molecule has 112 valence electrons. The summed E-state index contributed by atoms with van der Waals surface area (Å²) in [7, 11) is 0. The number of aromatic nitrogens is 1. The molecule has 4 nitrogen and oxygen atoms in total. The molecule has 0 radical (unpaired) electrons. The second kappa shape index (κ2) is 6.26. The maximum Gasteiger partial charge on any atom is 0.340 e. The van der Waals surface area contributed by atoms with Gasteiger partial charge in [-0.1, -0.05) is 0 Å². The summed E-state index contributed by atoms with van der Waals surface area (Å²) in [5.41, 5.74) is 3.97. The molecule has 21 heavy (non-hydrogen) atoms. The molecular weight excluding hydrogens is 286 g/mol. The second-order valence-electron chi connectivity index (χ2n) is 5.01. The summed E-state index contributed by atoms with van der Waals surface area (Å²) in [4.78, 5) is 24.3. The van der Waals surface area contributed by atoms with Crippen LogP contribution >= 0.6 is 11.3 Å². The number of rotatable bonds is 4. The van der Waals surface area contributed by atoms with Crippen LogP contribution in [0.25, 0.3) is 0 Å². The van der Waals surface area contributed by atoms with E-state index in [1.807, 2.05) is 12.3 Å². The Morgan fingerprint density at radius 3 is 2.52 bits per heavy atom.